The number of nitrogens with zero attached hydrogens (tertiary/aromatic N) is 3. The molecule has 42 heavy (non-hydrogen) atoms. The third kappa shape index (κ3) is 10.2. The number of imidazole rings is 1. The summed E-state index contributed by atoms with van der Waals surface area (Å²) in [5.41, 5.74) is 18.8. The van der Waals surface area contributed by atoms with Gasteiger partial charge in [-0.15, -0.1) is 0 Å². The van der Waals surface area contributed by atoms with Gasteiger partial charge in [0, 0.05) is 37.6 Å². The second kappa shape index (κ2) is 17.8. The highest BCUT2D eigenvalue weighted by Gasteiger charge is 2.38. The lowest BCUT2D eigenvalue weighted by Crippen LogP contribution is -2.48. The molecule has 0 aliphatic rings. The molecule has 1 atom stereocenters. The number of benzene rings is 2. The van der Waals surface area contributed by atoms with Crippen molar-refractivity contribution in [2.75, 3.05) is 46.2 Å². The fraction of sp³-hybridized carbons (Fsp3) is 0.433. The molecule has 2 aromatic carbocycles. The van der Waals surface area contributed by atoms with E-state index in [9.17, 15) is 18.4 Å². The first-order chi connectivity index (χ1) is 20.0. The van der Waals surface area contributed by atoms with Gasteiger partial charge < -0.3 is 37.1 Å². The van der Waals surface area contributed by atoms with Crippen LogP contribution in [-0.4, -0.2) is 71.8 Å². The maximum atomic E-state index is 14.9. The summed E-state index contributed by atoms with van der Waals surface area (Å²) in [5.74, 6) is -0.558. The largest absolute Gasteiger partial charge is 0.400 e. The summed E-state index contributed by atoms with van der Waals surface area (Å²) in [4.78, 5) is 31.9. The van der Waals surface area contributed by atoms with Gasteiger partial charge in [-0.25, -0.2) is 9.37 Å². The zero-order valence-corrected chi connectivity index (χ0v) is 25.1. The molecule has 1 aromatic heterocycles. The number of amides is 2. The fourth-order valence-electron chi connectivity index (χ4n) is 4.43. The van der Waals surface area contributed by atoms with E-state index in [-0.39, 0.29) is 24.6 Å². The standard InChI is InChI=1S/C28H38FN7O2.CH3F.CH4O/c1-28(2,3)26(36(13-7-12-30)25(38)16-33-24(37)15-31)27-34-23(21-14-20(32)10-11-22(21)29)18-35(27)17-19-8-5-4-6-9-19;2*1-2/h4-6,8-11,14,18,26H,7,12-13,15-17,30-32H2,1-3H3,(H,33,37);1H3;2H,1H3. The number of halogens is 2. The number of nitrogens with one attached hydrogen (secondary N) is 1. The Morgan fingerprint density at radius 1 is 1.10 bits per heavy atom. The number of anilines is 1. The molecule has 10 nitrogen and oxygen atoms in total. The minimum Gasteiger partial charge on any atom is -0.400 e. The number of aliphatic hydroxyl groups is 1. The molecular weight excluding hydrogens is 544 g/mol. The van der Waals surface area contributed by atoms with Crippen LogP contribution in [0.15, 0.2) is 54.7 Å². The summed E-state index contributed by atoms with van der Waals surface area (Å²) in [6.07, 6.45) is 2.35. The first kappa shape index (κ1) is 36.2. The monoisotopic (exact) mass is 589 g/mol. The molecule has 0 aliphatic heterocycles. The first-order valence-electron chi connectivity index (χ1n) is 13.5. The number of hydrogen-bond donors (Lipinski definition) is 5. The third-order valence-electron chi connectivity index (χ3n) is 6.19. The Balaban J connectivity index is 0.00000211. The zero-order chi connectivity index (χ0) is 31.9. The highest BCUT2D eigenvalue weighted by molar-refractivity contribution is 5.85. The summed E-state index contributed by atoms with van der Waals surface area (Å²) < 4.78 is 26.3. The van der Waals surface area contributed by atoms with Crippen molar-refractivity contribution >= 4 is 17.5 Å². The average Bonchev–Trinajstić information content (AvgIpc) is 3.39. The van der Waals surface area contributed by atoms with E-state index in [2.05, 4.69) is 5.32 Å². The predicted octanol–water partition coefficient (Wildman–Crippen LogP) is 2.85. The lowest BCUT2D eigenvalue weighted by molar-refractivity contribution is -0.137. The van der Waals surface area contributed by atoms with Crippen LogP contribution >= 0.6 is 0 Å². The van der Waals surface area contributed by atoms with E-state index < -0.39 is 23.2 Å². The highest BCUT2D eigenvalue weighted by atomic mass is 19.1. The Bertz CT molecular complexity index is 1250. The van der Waals surface area contributed by atoms with Crippen molar-refractivity contribution in [3.05, 3.63) is 71.9 Å². The quantitative estimate of drug-likeness (QED) is 0.215. The van der Waals surface area contributed by atoms with Crippen LogP contribution in [0.25, 0.3) is 11.3 Å². The molecule has 1 heterocycles. The van der Waals surface area contributed by atoms with Crippen molar-refractivity contribution in [2.24, 2.45) is 16.9 Å². The number of aliphatic hydroxyl groups excluding tert-OH is 1. The minimum absolute atomic E-state index is 0.205. The summed E-state index contributed by atoms with van der Waals surface area (Å²) in [6.45, 7) is 6.83. The van der Waals surface area contributed by atoms with Crippen molar-refractivity contribution in [3.63, 3.8) is 0 Å². The number of hydrogen-bond acceptors (Lipinski definition) is 7. The molecular formula is C30H45F2N7O3. The van der Waals surface area contributed by atoms with Crippen molar-refractivity contribution in [2.45, 2.75) is 39.8 Å². The summed E-state index contributed by atoms with van der Waals surface area (Å²) in [7, 11) is 1.50. The minimum atomic E-state index is -0.516. The van der Waals surface area contributed by atoms with Crippen LogP contribution in [0.5, 0.6) is 0 Å². The zero-order valence-electron chi connectivity index (χ0n) is 25.1. The van der Waals surface area contributed by atoms with E-state index in [0.717, 1.165) is 12.7 Å². The van der Waals surface area contributed by atoms with E-state index in [0.29, 0.717) is 50.4 Å². The molecule has 0 radical (unpaired) electrons. The van der Waals surface area contributed by atoms with E-state index >= 15 is 0 Å². The van der Waals surface area contributed by atoms with Gasteiger partial charge in [-0.3, -0.25) is 14.0 Å². The van der Waals surface area contributed by atoms with Crippen molar-refractivity contribution < 1.29 is 23.5 Å². The SMILES string of the molecule is CC(C)(C)C(c1nc(-c2cc(N)ccc2F)cn1Cc1ccccc1)N(CCCN)C(=O)CNC(=O)CN.CF.CO. The lowest BCUT2D eigenvalue weighted by atomic mass is 9.84. The van der Waals surface area contributed by atoms with Crippen LogP contribution in [0.3, 0.4) is 0 Å². The molecule has 3 rings (SSSR count). The Labute approximate surface area is 246 Å². The number of alkyl halides is 1. The number of carbonyl (C=O) groups is 2. The highest BCUT2D eigenvalue weighted by Crippen LogP contribution is 2.39. The van der Waals surface area contributed by atoms with Gasteiger partial charge >= 0.3 is 0 Å². The molecule has 0 spiro atoms. The number of rotatable bonds is 11. The van der Waals surface area contributed by atoms with E-state index in [1.807, 2.05) is 55.7 Å². The summed E-state index contributed by atoms with van der Waals surface area (Å²) in [6, 6.07) is 13.7. The topological polar surface area (TPSA) is 166 Å². The average molecular weight is 590 g/mol. The number of nitrogens with two attached hydrogens (primary N) is 3. The number of aromatic nitrogens is 2. The van der Waals surface area contributed by atoms with Gasteiger partial charge in [0.1, 0.15) is 11.6 Å². The van der Waals surface area contributed by atoms with Crippen molar-refractivity contribution in [3.8, 4) is 11.3 Å². The van der Waals surface area contributed by atoms with Crippen LogP contribution < -0.4 is 22.5 Å². The van der Waals surface area contributed by atoms with Crippen molar-refractivity contribution in [1.82, 2.24) is 19.8 Å². The molecule has 3 aromatic rings. The fourth-order valence-corrected chi connectivity index (χ4v) is 4.43. The van der Waals surface area contributed by atoms with Crippen LogP contribution in [0.1, 0.15) is 44.6 Å². The third-order valence-corrected chi connectivity index (χ3v) is 6.19. The lowest BCUT2D eigenvalue weighted by Gasteiger charge is -2.40. The van der Waals surface area contributed by atoms with Gasteiger partial charge in [-0.2, -0.15) is 0 Å². The molecule has 0 saturated carbocycles. The molecule has 0 fully saturated rings. The maximum Gasteiger partial charge on any atom is 0.242 e. The number of nitrogen functional groups attached to an aromatic ring is 1. The van der Waals surface area contributed by atoms with Crippen LogP contribution in [0.2, 0.25) is 0 Å². The predicted molar refractivity (Wildman–Crippen MR) is 162 cm³/mol. The van der Waals surface area contributed by atoms with Crippen LogP contribution in [-0.2, 0) is 16.1 Å². The Morgan fingerprint density at radius 2 is 1.74 bits per heavy atom. The van der Waals surface area contributed by atoms with Gasteiger partial charge in [0.05, 0.1) is 32.0 Å². The van der Waals surface area contributed by atoms with Crippen LogP contribution in [0, 0.1) is 11.2 Å². The van der Waals surface area contributed by atoms with Gasteiger partial charge in [0.15, 0.2) is 0 Å². The summed E-state index contributed by atoms with van der Waals surface area (Å²) >= 11 is 0. The smallest absolute Gasteiger partial charge is 0.242 e. The first-order valence-corrected chi connectivity index (χ1v) is 13.5. The molecule has 0 saturated heterocycles. The van der Waals surface area contributed by atoms with Crippen LogP contribution in [0.4, 0.5) is 14.5 Å². The summed E-state index contributed by atoms with van der Waals surface area (Å²) in [5, 5.41) is 9.57. The van der Waals surface area contributed by atoms with Gasteiger partial charge in [0.2, 0.25) is 11.8 Å². The van der Waals surface area contributed by atoms with Crippen molar-refractivity contribution in [1.29, 1.82) is 0 Å². The van der Waals surface area contributed by atoms with Gasteiger partial charge in [-0.1, -0.05) is 51.1 Å². The molecule has 0 bridgehead atoms. The van der Waals surface area contributed by atoms with E-state index in [4.69, 9.17) is 27.3 Å². The maximum absolute atomic E-state index is 14.9. The second-order valence-corrected chi connectivity index (χ2v) is 10.3. The van der Waals surface area contributed by atoms with E-state index in [1.54, 1.807) is 17.2 Å². The Hall–Kier alpha value is -3.87. The molecule has 232 valence electrons. The molecule has 0 aliphatic carbocycles. The Kier molecular flexibility index (Phi) is 15.4. The molecule has 12 heteroatoms. The normalized spacial score (nSPS) is 11.4. The number of carbonyl (C=O) groups excluding carboxylic acids is 2. The van der Waals surface area contributed by atoms with E-state index in [1.165, 1.54) is 12.1 Å². The second-order valence-electron chi connectivity index (χ2n) is 10.3. The van der Waals surface area contributed by atoms with Gasteiger partial charge in [-0.05, 0) is 42.1 Å². The molecule has 1 unspecified atom stereocenters. The van der Waals surface area contributed by atoms with Gasteiger partial charge in [0.25, 0.3) is 0 Å². The Morgan fingerprint density at radius 3 is 2.31 bits per heavy atom. The molecule has 8 N–H and O–H groups in total. The molecule has 2 amide bonds.